The third-order valence-electron chi connectivity index (χ3n) is 6.82. The van der Waals surface area contributed by atoms with E-state index in [4.69, 9.17) is 23.7 Å². The van der Waals surface area contributed by atoms with Crippen LogP contribution in [0.2, 0.25) is 0 Å². The molecule has 0 unspecified atom stereocenters. The molecule has 208 valence electrons. The minimum atomic E-state index is -0.328. The molecule has 1 saturated heterocycles. The molecule has 1 N–H and O–H groups in total. The zero-order valence-corrected chi connectivity index (χ0v) is 23.5. The van der Waals surface area contributed by atoms with Crippen LogP contribution in [0.15, 0.2) is 18.2 Å². The SMILES string of the molecule is CCCCOC[C@H]1O[C@@H](c2cc(CO)ccc2C)[C@H](OCCCC)[C@@H](OCCCC)[C@@H]1OCCCC. The molecule has 1 fully saturated rings. The number of hydrogen-bond acceptors (Lipinski definition) is 6. The van der Waals surface area contributed by atoms with Crippen LogP contribution >= 0.6 is 0 Å². The number of aliphatic hydroxyl groups excluding tert-OH is 1. The van der Waals surface area contributed by atoms with Crippen molar-refractivity contribution < 1.29 is 28.8 Å². The fourth-order valence-electron chi connectivity index (χ4n) is 4.50. The van der Waals surface area contributed by atoms with Gasteiger partial charge in [0.15, 0.2) is 0 Å². The highest BCUT2D eigenvalue weighted by Gasteiger charge is 2.49. The van der Waals surface area contributed by atoms with E-state index >= 15 is 0 Å². The summed E-state index contributed by atoms with van der Waals surface area (Å²) in [6, 6.07) is 6.06. The van der Waals surface area contributed by atoms with Gasteiger partial charge in [-0.2, -0.15) is 0 Å². The standard InChI is InChI=1S/C30H52O6/c1-6-10-16-32-22-26-28(33-17-11-7-2)30(35-19-13-9-4)29(34-18-12-8-3)27(36-26)25-20-24(21-31)15-14-23(25)5/h14-15,20,26-31H,6-13,16-19,21-22H2,1-5H3/t26-,27+,28-,29+,30+/m1/s1. The van der Waals surface area contributed by atoms with Crippen molar-refractivity contribution in [1.82, 2.24) is 0 Å². The molecule has 6 nitrogen and oxygen atoms in total. The van der Waals surface area contributed by atoms with Crippen LogP contribution in [-0.2, 0) is 30.3 Å². The Hall–Kier alpha value is -1.02. The molecule has 0 spiro atoms. The minimum Gasteiger partial charge on any atom is -0.392 e. The van der Waals surface area contributed by atoms with Crippen molar-refractivity contribution in [2.24, 2.45) is 0 Å². The van der Waals surface area contributed by atoms with Crippen LogP contribution in [0.3, 0.4) is 0 Å². The average molecular weight is 509 g/mol. The predicted octanol–water partition coefficient (Wildman–Crippen LogP) is 6.30. The fraction of sp³-hybridized carbons (Fsp3) is 0.800. The lowest BCUT2D eigenvalue weighted by Gasteiger charge is -2.47. The Bertz CT molecular complexity index is 696. The summed E-state index contributed by atoms with van der Waals surface area (Å²) in [6.45, 7) is 13.9. The lowest BCUT2D eigenvalue weighted by Crippen LogP contribution is -2.58. The molecular weight excluding hydrogens is 456 g/mol. The second-order valence-electron chi connectivity index (χ2n) is 9.94. The molecule has 0 aliphatic carbocycles. The molecule has 1 aliphatic heterocycles. The first-order valence-corrected chi connectivity index (χ1v) is 14.4. The second kappa shape index (κ2) is 18.3. The quantitative estimate of drug-likeness (QED) is 0.221. The third kappa shape index (κ3) is 9.70. The molecule has 6 heteroatoms. The van der Waals surface area contributed by atoms with E-state index in [1.165, 1.54) is 0 Å². The number of hydrogen-bond donors (Lipinski definition) is 1. The van der Waals surface area contributed by atoms with Gasteiger partial charge in [0.25, 0.3) is 0 Å². The maximum absolute atomic E-state index is 9.83. The zero-order chi connectivity index (χ0) is 26.2. The summed E-state index contributed by atoms with van der Waals surface area (Å²) in [5, 5.41) is 9.83. The Kier molecular flexibility index (Phi) is 15.8. The van der Waals surface area contributed by atoms with Crippen molar-refractivity contribution >= 4 is 0 Å². The van der Waals surface area contributed by atoms with E-state index in [0.717, 1.165) is 68.1 Å². The number of unbranched alkanes of at least 4 members (excludes halogenated alkanes) is 4. The maximum Gasteiger partial charge on any atom is 0.117 e. The highest BCUT2D eigenvalue weighted by Crippen LogP contribution is 2.39. The van der Waals surface area contributed by atoms with Crippen LogP contribution in [0.25, 0.3) is 0 Å². The topological polar surface area (TPSA) is 66.4 Å². The Morgan fingerprint density at radius 3 is 1.89 bits per heavy atom. The summed E-state index contributed by atoms with van der Waals surface area (Å²) >= 11 is 0. The number of aliphatic hydroxyl groups is 1. The van der Waals surface area contributed by atoms with Crippen molar-refractivity contribution in [3.05, 3.63) is 34.9 Å². The molecule has 2 rings (SSSR count). The van der Waals surface area contributed by atoms with Crippen LogP contribution in [-0.4, -0.2) is 62.6 Å². The van der Waals surface area contributed by atoms with Gasteiger partial charge in [0.1, 0.15) is 30.5 Å². The zero-order valence-electron chi connectivity index (χ0n) is 23.5. The molecule has 36 heavy (non-hydrogen) atoms. The van der Waals surface area contributed by atoms with Gasteiger partial charge >= 0.3 is 0 Å². The van der Waals surface area contributed by atoms with Gasteiger partial charge in [-0.15, -0.1) is 0 Å². The van der Waals surface area contributed by atoms with Crippen LogP contribution in [0.1, 0.15) is 102 Å². The van der Waals surface area contributed by atoms with Crippen LogP contribution < -0.4 is 0 Å². The van der Waals surface area contributed by atoms with Gasteiger partial charge in [0.2, 0.25) is 0 Å². The molecule has 0 saturated carbocycles. The predicted molar refractivity (Wildman–Crippen MR) is 144 cm³/mol. The Morgan fingerprint density at radius 1 is 0.750 bits per heavy atom. The van der Waals surface area contributed by atoms with E-state index in [2.05, 4.69) is 40.7 Å². The highest BCUT2D eigenvalue weighted by atomic mass is 16.6. The first-order valence-electron chi connectivity index (χ1n) is 14.4. The van der Waals surface area contributed by atoms with Crippen molar-refractivity contribution in [2.75, 3.05) is 33.0 Å². The molecule has 5 atom stereocenters. The van der Waals surface area contributed by atoms with Gasteiger partial charge in [-0.1, -0.05) is 71.6 Å². The van der Waals surface area contributed by atoms with E-state index < -0.39 is 0 Å². The molecule has 0 bridgehead atoms. The molecule has 1 aliphatic rings. The summed E-state index contributed by atoms with van der Waals surface area (Å²) in [5.41, 5.74) is 3.02. The minimum absolute atomic E-state index is 0.00982. The van der Waals surface area contributed by atoms with Crippen LogP contribution in [0, 0.1) is 6.92 Å². The number of aryl methyl sites for hydroxylation is 1. The Labute approximate surface area is 220 Å². The third-order valence-corrected chi connectivity index (χ3v) is 6.82. The Balaban J connectivity index is 2.44. The summed E-state index contributed by atoms with van der Waals surface area (Å²) in [7, 11) is 0. The molecule has 0 aromatic heterocycles. The molecular formula is C30H52O6. The largest absolute Gasteiger partial charge is 0.392 e. The molecule has 0 radical (unpaired) electrons. The monoisotopic (exact) mass is 508 g/mol. The van der Waals surface area contributed by atoms with E-state index in [1.807, 2.05) is 12.1 Å². The summed E-state index contributed by atoms with van der Waals surface area (Å²) in [6.07, 6.45) is 6.84. The smallest absolute Gasteiger partial charge is 0.117 e. The fourth-order valence-corrected chi connectivity index (χ4v) is 4.50. The summed E-state index contributed by atoms with van der Waals surface area (Å²) < 4.78 is 32.5. The van der Waals surface area contributed by atoms with Crippen molar-refractivity contribution in [2.45, 2.75) is 123 Å². The summed E-state index contributed by atoms with van der Waals surface area (Å²) in [5.74, 6) is 0. The normalized spacial score (nSPS) is 24.3. The van der Waals surface area contributed by atoms with E-state index in [-0.39, 0.29) is 37.1 Å². The van der Waals surface area contributed by atoms with Gasteiger partial charge in [0.05, 0.1) is 13.2 Å². The first-order chi connectivity index (χ1) is 17.6. The van der Waals surface area contributed by atoms with Crippen LogP contribution in [0.4, 0.5) is 0 Å². The van der Waals surface area contributed by atoms with E-state index in [9.17, 15) is 5.11 Å². The van der Waals surface area contributed by atoms with Crippen molar-refractivity contribution in [3.8, 4) is 0 Å². The maximum atomic E-state index is 9.83. The van der Waals surface area contributed by atoms with Gasteiger partial charge < -0.3 is 28.8 Å². The molecule has 1 aromatic rings. The number of benzene rings is 1. The van der Waals surface area contributed by atoms with Crippen molar-refractivity contribution in [1.29, 1.82) is 0 Å². The molecule has 1 heterocycles. The van der Waals surface area contributed by atoms with Gasteiger partial charge in [-0.3, -0.25) is 0 Å². The molecule has 0 amide bonds. The first kappa shape index (κ1) is 31.2. The second-order valence-corrected chi connectivity index (χ2v) is 9.94. The Morgan fingerprint density at radius 2 is 1.31 bits per heavy atom. The number of ether oxygens (including phenoxy) is 5. The lowest BCUT2D eigenvalue weighted by atomic mass is 9.88. The average Bonchev–Trinajstić information content (AvgIpc) is 2.89. The van der Waals surface area contributed by atoms with Crippen LogP contribution in [0.5, 0.6) is 0 Å². The number of rotatable bonds is 19. The lowest BCUT2D eigenvalue weighted by molar-refractivity contribution is -0.268. The van der Waals surface area contributed by atoms with Gasteiger partial charge in [-0.05, 0) is 49.3 Å². The molecule has 1 aromatic carbocycles. The highest BCUT2D eigenvalue weighted by molar-refractivity contribution is 5.34. The summed E-state index contributed by atoms with van der Waals surface area (Å²) in [4.78, 5) is 0. The van der Waals surface area contributed by atoms with Gasteiger partial charge in [-0.25, -0.2) is 0 Å². The van der Waals surface area contributed by atoms with Crippen molar-refractivity contribution in [3.63, 3.8) is 0 Å². The van der Waals surface area contributed by atoms with E-state index in [0.29, 0.717) is 33.0 Å². The van der Waals surface area contributed by atoms with Gasteiger partial charge in [0, 0.05) is 26.4 Å². The van der Waals surface area contributed by atoms with E-state index in [1.54, 1.807) is 0 Å².